The van der Waals surface area contributed by atoms with Crippen molar-refractivity contribution in [3.8, 4) is 6.07 Å². The van der Waals surface area contributed by atoms with E-state index in [1.165, 1.54) is 0 Å². The molecule has 1 aliphatic heterocycles. The van der Waals surface area contributed by atoms with Crippen LogP contribution in [0.1, 0.15) is 55.3 Å². The number of carbonyl (C=O) groups excluding carboxylic acids is 2. The first kappa shape index (κ1) is 19.9. The Labute approximate surface area is 170 Å². The summed E-state index contributed by atoms with van der Waals surface area (Å²) < 4.78 is 7.08. The molecule has 0 spiro atoms. The molecular weight excluding hydrogens is 372 g/mol. The fourth-order valence-corrected chi connectivity index (χ4v) is 4.51. The Hall–Kier alpha value is -2.44. The van der Waals surface area contributed by atoms with Crippen molar-refractivity contribution in [1.82, 2.24) is 14.7 Å². The highest BCUT2D eigenvalue weighted by Gasteiger charge is 2.42. The van der Waals surface area contributed by atoms with Crippen molar-refractivity contribution in [2.24, 2.45) is 11.7 Å². The number of nitrogens with two attached hydrogens (primary N) is 1. The number of hydrogen-bond donors (Lipinski definition) is 2. The molecule has 3 N–H and O–H groups in total. The zero-order chi connectivity index (χ0) is 20.6. The van der Waals surface area contributed by atoms with Gasteiger partial charge in [0, 0.05) is 38.4 Å². The summed E-state index contributed by atoms with van der Waals surface area (Å²) in [5.74, 6) is -0.549. The van der Waals surface area contributed by atoms with E-state index in [-0.39, 0.29) is 23.2 Å². The van der Waals surface area contributed by atoms with Crippen molar-refractivity contribution >= 4 is 17.6 Å². The third-order valence-electron chi connectivity index (χ3n) is 6.68. The molecule has 1 aromatic heterocycles. The number of primary amides is 1. The average molecular weight is 400 g/mol. The highest BCUT2D eigenvalue weighted by Crippen LogP contribution is 2.41. The second-order valence-corrected chi connectivity index (χ2v) is 8.57. The van der Waals surface area contributed by atoms with Crippen LogP contribution in [0, 0.1) is 17.2 Å². The van der Waals surface area contributed by atoms with E-state index in [0.717, 1.165) is 51.6 Å². The van der Waals surface area contributed by atoms with Gasteiger partial charge in [-0.1, -0.05) is 0 Å². The fraction of sp³-hybridized carbons (Fsp3) is 0.700. The summed E-state index contributed by atoms with van der Waals surface area (Å²) >= 11 is 0. The van der Waals surface area contributed by atoms with Gasteiger partial charge in [0.15, 0.2) is 5.82 Å². The molecule has 156 valence electrons. The number of methoxy groups -OCH3 is 1. The van der Waals surface area contributed by atoms with E-state index in [1.807, 2.05) is 0 Å². The van der Waals surface area contributed by atoms with E-state index in [1.54, 1.807) is 18.0 Å². The minimum absolute atomic E-state index is 0.00293. The van der Waals surface area contributed by atoms with Gasteiger partial charge in [0.1, 0.15) is 5.56 Å². The number of nitrogens with zero attached hydrogens (tertiary/aromatic N) is 4. The van der Waals surface area contributed by atoms with Crippen LogP contribution in [0.25, 0.3) is 0 Å². The molecule has 0 aromatic carbocycles. The number of amides is 2. The van der Waals surface area contributed by atoms with E-state index in [2.05, 4.69) is 21.4 Å². The number of carbonyl (C=O) groups is 2. The van der Waals surface area contributed by atoms with Gasteiger partial charge in [-0.05, 0) is 38.5 Å². The number of ether oxygens (including phenoxy) is 1. The maximum Gasteiger partial charge on any atom is 0.254 e. The summed E-state index contributed by atoms with van der Waals surface area (Å²) in [6, 6.07) is 2.77. The topological polar surface area (TPSA) is 126 Å². The maximum atomic E-state index is 12.2. The lowest BCUT2D eigenvalue weighted by Gasteiger charge is -2.48. The van der Waals surface area contributed by atoms with E-state index in [4.69, 9.17) is 10.5 Å². The quantitative estimate of drug-likeness (QED) is 0.708. The fourth-order valence-electron chi connectivity index (χ4n) is 4.51. The third-order valence-corrected chi connectivity index (χ3v) is 6.68. The highest BCUT2D eigenvalue weighted by molar-refractivity contribution is 6.02. The van der Waals surface area contributed by atoms with Crippen molar-refractivity contribution in [2.75, 3.05) is 25.5 Å². The van der Waals surface area contributed by atoms with Gasteiger partial charge in [-0.25, -0.2) is 0 Å². The number of nitrogens with one attached hydrogen (secondary N) is 1. The van der Waals surface area contributed by atoms with Crippen molar-refractivity contribution in [3.05, 3.63) is 11.8 Å². The van der Waals surface area contributed by atoms with Crippen molar-refractivity contribution < 1.29 is 14.3 Å². The number of anilines is 1. The van der Waals surface area contributed by atoms with Crippen molar-refractivity contribution in [2.45, 2.75) is 62.6 Å². The minimum Gasteiger partial charge on any atom is -0.379 e. The molecule has 2 aliphatic carbocycles. The summed E-state index contributed by atoms with van der Waals surface area (Å²) in [7, 11) is 1.74. The van der Waals surface area contributed by atoms with E-state index in [0.29, 0.717) is 18.6 Å². The van der Waals surface area contributed by atoms with Crippen LogP contribution in [0.15, 0.2) is 6.20 Å². The molecular formula is C20H28N6O3. The van der Waals surface area contributed by atoms with Crippen LogP contribution < -0.4 is 11.1 Å². The number of hydrogen-bond acceptors (Lipinski definition) is 6. The van der Waals surface area contributed by atoms with E-state index >= 15 is 0 Å². The number of nitriles is 1. The lowest BCUT2D eigenvalue weighted by Crippen LogP contribution is -2.57. The maximum absolute atomic E-state index is 12.2. The van der Waals surface area contributed by atoms with Crippen LogP contribution in [0.4, 0.5) is 5.82 Å². The molecule has 9 heteroatoms. The Balaban J connectivity index is 1.51. The van der Waals surface area contributed by atoms with Gasteiger partial charge in [0.05, 0.1) is 24.1 Å². The zero-order valence-corrected chi connectivity index (χ0v) is 16.8. The zero-order valence-electron chi connectivity index (χ0n) is 16.8. The first-order valence-corrected chi connectivity index (χ1v) is 10.3. The smallest absolute Gasteiger partial charge is 0.254 e. The molecule has 1 saturated heterocycles. The van der Waals surface area contributed by atoms with Gasteiger partial charge in [-0.2, -0.15) is 10.4 Å². The van der Waals surface area contributed by atoms with E-state index < -0.39 is 11.4 Å². The molecule has 3 fully saturated rings. The SMILES string of the molecule is COC1CN([C@H]2CC[C@@](CC#N)(n3cc(C(N)=O)c(NC(=O)C4CC4)n3)CC2)C1. The molecule has 0 bridgehead atoms. The lowest BCUT2D eigenvalue weighted by molar-refractivity contribution is -0.117. The largest absolute Gasteiger partial charge is 0.379 e. The van der Waals surface area contributed by atoms with Gasteiger partial charge in [-0.3, -0.25) is 19.2 Å². The molecule has 2 heterocycles. The average Bonchev–Trinajstić information content (AvgIpc) is 3.43. The van der Waals surface area contributed by atoms with Gasteiger partial charge in [-0.15, -0.1) is 0 Å². The third kappa shape index (κ3) is 3.87. The molecule has 29 heavy (non-hydrogen) atoms. The molecule has 0 unspecified atom stereocenters. The van der Waals surface area contributed by atoms with Gasteiger partial charge in [0.25, 0.3) is 5.91 Å². The number of aromatic nitrogens is 2. The Morgan fingerprint density at radius 1 is 1.34 bits per heavy atom. The summed E-state index contributed by atoms with van der Waals surface area (Å²) in [5.41, 5.74) is 5.24. The van der Waals surface area contributed by atoms with Crippen LogP contribution in [-0.4, -0.2) is 58.8 Å². The van der Waals surface area contributed by atoms with Crippen LogP contribution in [0.2, 0.25) is 0 Å². The Morgan fingerprint density at radius 2 is 2.03 bits per heavy atom. The van der Waals surface area contributed by atoms with Crippen LogP contribution in [0.5, 0.6) is 0 Å². The summed E-state index contributed by atoms with van der Waals surface area (Å²) in [4.78, 5) is 26.5. The summed E-state index contributed by atoms with van der Waals surface area (Å²) in [6.45, 7) is 1.91. The molecule has 0 atom stereocenters. The lowest BCUT2D eigenvalue weighted by atomic mass is 9.76. The van der Waals surface area contributed by atoms with Crippen molar-refractivity contribution in [3.63, 3.8) is 0 Å². The predicted octanol–water partition coefficient (Wildman–Crippen LogP) is 1.21. The van der Waals surface area contributed by atoms with Gasteiger partial charge >= 0.3 is 0 Å². The molecule has 2 saturated carbocycles. The van der Waals surface area contributed by atoms with Crippen LogP contribution in [-0.2, 0) is 15.1 Å². The van der Waals surface area contributed by atoms with Gasteiger partial charge < -0.3 is 15.8 Å². The normalized spacial score (nSPS) is 27.8. The number of likely N-dealkylation sites (tertiary alicyclic amines) is 1. The molecule has 1 aromatic rings. The molecule has 9 nitrogen and oxygen atoms in total. The van der Waals surface area contributed by atoms with Crippen LogP contribution >= 0.6 is 0 Å². The first-order chi connectivity index (χ1) is 14.0. The van der Waals surface area contributed by atoms with Gasteiger partial charge in [0.2, 0.25) is 5.91 Å². The van der Waals surface area contributed by atoms with Crippen LogP contribution in [0.3, 0.4) is 0 Å². The molecule has 4 rings (SSSR count). The second kappa shape index (κ2) is 7.76. The van der Waals surface area contributed by atoms with E-state index in [9.17, 15) is 14.9 Å². The molecule has 2 amide bonds. The van der Waals surface area contributed by atoms with Crippen molar-refractivity contribution in [1.29, 1.82) is 5.26 Å². The molecule has 3 aliphatic rings. The number of rotatable bonds is 7. The Kier molecular flexibility index (Phi) is 5.32. The summed E-state index contributed by atoms with van der Waals surface area (Å²) in [5, 5.41) is 16.8. The summed E-state index contributed by atoms with van der Waals surface area (Å²) in [6.07, 6.45) is 7.43. The predicted molar refractivity (Wildman–Crippen MR) is 105 cm³/mol. The Bertz CT molecular complexity index is 826. The highest BCUT2D eigenvalue weighted by atomic mass is 16.5. The minimum atomic E-state index is -0.630. The second-order valence-electron chi connectivity index (χ2n) is 8.57. The monoisotopic (exact) mass is 400 g/mol. The first-order valence-electron chi connectivity index (χ1n) is 10.3. The molecule has 0 radical (unpaired) electrons. The standard InChI is InChI=1S/C20H28N6O3/c1-29-15-10-25(11-15)14-4-6-20(7-5-14,8-9-21)26-12-16(17(22)27)18(24-26)23-19(28)13-2-3-13/h12-15H,2-8,10-11H2,1H3,(H2,22,27)(H,23,24,28)/t14-,20+. The Morgan fingerprint density at radius 3 is 2.59 bits per heavy atom.